The molecule has 8 heteroatoms. The number of carbonyl (C=O) groups excluding carboxylic acids is 1. The third-order valence-corrected chi connectivity index (χ3v) is 4.51. The molecule has 2 aliphatic rings. The summed E-state index contributed by atoms with van der Waals surface area (Å²) in [6, 6.07) is 3.73. The average Bonchev–Trinajstić information content (AvgIpc) is 3.34. The number of hydrogen-bond donors (Lipinski definition) is 1. The van der Waals surface area contributed by atoms with Crippen molar-refractivity contribution < 1.29 is 4.79 Å². The van der Waals surface area contributed by atoms with Crippen molar-refractivity contribution in [1.82, 2.24) is 24.6 Å². The fraction of sp³-hybridized carbons (Fsp3) is 0.500. The minimum atomic E-state index is 0.230. The van der Waals surface area contributed by atoms with E-state index in [4.69, 9.17) is 5.73 Å². The molecule has 0 aromatic carbocycles. The number of nitrogens with zero attached hydrogens (tertiary/aromatic N) is 6. The summed E-state index contributed by atoms with van der Waals surface area (Å²) in [6.45, 7) is 3.16. The van der Waals surface area contributed by atoms with Gasteiger partial charge in [0.15, 0.2) is 5.82 Å². The molecule has 1 saturated carbocycles. The summed E-state index contributed by atoms with van der Waals surface area (Å²) < 4.78 is 1.67. The molecule has 24 heavy (non-hydrogen) atoms. The molecule has 1 amide bonds. The number of hydrogen-bond acceptors (Lipinski definition) is 6. The molecule has 0 radical (unpaired) electrons. The Hall–Kier alpha value is -2.64. The Morgan fingerprint density at radius 1 is 1.12 bits per heavy atom. The van der Waals surface area contributed by atoms with Crippen LogP contribution in [0, 0.1) is 5.92 Å². The molecule has 2 aromatic heterocycles. The van der Waals surface area contributed by atoms with Gasteiger partial charge in [0, 0.05) is 50.6 Å². The van der Waals surface area contributed by atoms with E-state index in [-0.39, 0.29) is 11.9 Å². The van der Waals surface area contributed by atoms with E-state index in [0.717, 1.165) is 51.3 Å². The molecule has 4 rings (SSSR count). The first kappa shape index (κ1) is 14.9. The van der Waals surface area contributed by atoms with Crippen molar-refractivity contribution in [3.8, 4) is 5.82 Å². The van der Waals surface area contributed by atoms with Gasteiger partial charge in [-0.25, -0.2) is 4.68 Å². The van der Waals surface area contributed by atoms with E-state index in [1.54, 1.807) is 10.9 Å². The van der Waals surface area contributed by atoms with Gasteiger partial charge in [0.25, 0.3) is 0 Å². The predicted molar refractivity (Wildman–Crippen MR) is 89.7 cm³/mol. The number of aromatic nitrogens is 4. The Bertz CT molecular complexity index is 726. The van der Waals surface area contributed by atoms with Gasteiger partial charge in [0.05, 0.1) is 0 Å². The Labute approximate surface area is 140 Å². The molecule has 1 aliphatic heterocycles. The number of nitrogen functional groups attached to an aromatic ring is 1. The lowest BCUT2D eigenvalue weighted by molar-refractivity contribution is -0.132. The SMILES string of the molecule is Nc1nc(N2CCCN(C(=O)C3CC3)CC2)cc(-n2cccn2)n1. The smallest absolute Gasteiger partial charge is 0.225 e. The molecule has 2 aromatic rings. The summed E-state index contributed by atoms with van der Waals surface area (Å²) in [5.41, 5.74) is 5.88. The van der Waals surface area contributed by atoms with Gasteiger partial charge in [0.1, 0.15) is 5.82 Å². The van der Waals surface area contributed by atoms with Crippen molar-refractivity contribution >= 4 is 17.7 Å². The molecule has 0 atom stereocenters. The zero-order chi connectivity index (χ0) is 16.5. The quantitative estimate of drug-likeness (QED) is 0.892. The highest BCUT2D eigenvalue weighted by Gasteiger charge is 2.34. The normalized spacial score (nSPS) is 18.5. The van der Waals surface area contributed by atoms with Gasteiger partial charge in [-0.15, -0.1) is 0 Å². The zero-order valence-corrected chi connectivity index (χ0v) is 13.5. The van der Waals surface area contributed by atoms with E-state index in [1.165, 1.54) is 0 Å². The van der Waals surface area contributed by atoms with Crippen molar-refractivity contribution in [1.29, 1.82) is 0 Å². The number of amides is 1. The monoisotopic (exact) mass is 327 g/mol. The highest BCUT2D eigenvalue weighted by atomic mass is 16.2. The molecular formula is C16H21N7O. The van der Waals surface area contributed by atoms with Gasteiger partial charge in [0.2, 0.25) is 11.9 Å². The van der Waals surface area contributed by atoms with Crippen molar-refractivity contribution in [3.05, 3.63) is 24.5 Å². The highest BCUT2D eigenvalue weighted by Crippen LogP contribution is 2.31. The molecule has 3 heterocycles. The summed E-state index contributed by atoms with van der Waals surface area (Å²) >= 11 is 0. The summed E-state index contributed by atoms with van der Waals surface area (Å²) in [4.78, 5) is 25.1. The predicted octanol–water partition coefficient (Wildman–Crippen LogP) is 0.693. The van der Waals surface area contributed by atoms with Crippen LogP contribution in [-0.2, 0) is 4.79 Å². The van der Waals surface area contributed by atoms with Crippen molar-refractivity contribution in [2.75, 3.05) is 36.8 Å². The molecular weight excluding hydrogens is 306 g/mol. The standard InChI is InChI=1S/C16H21N7O/c17-16-19-13(11-14(20-16)23-8-1-5-18-23)21-6-2-7-22(10-9-21)15(24)12-3-4-12/h1,5,8,11-12H,2-4,6-7,9-10H2,(H2,17,19,20). The van der Waals surface area contributed by atoms with Crippen LogP contribution in [-0.4, -0.2) is 56.7 Å². The van der Waals surface area contributed by atoms with Gasteiger partial charge >= 0.3 is 0 Å². The summed E-state index contributed by atoms with van der Waals surface area (Å²) in [6.07, 6.45) is 6.55. The first-order chi connectivity index (χ1) is 11.7. The van der Waals surface area contributed by atoms with Crippen molar-refractivity contribution in [2.45, 2.75) is 19.3 Å². The maximum Gasteiger partial charge on any atom is 0.225 e. The Balaban J connectivity index is 1.52. The Morgan fingerprint density at radius 3 is 2.71 bits per heavy atom. The maximum atomic E-state index is 12.3. The lowest BCUT2D eigenvalue weighted by Gasteiger charge is -2.23. The minimum Gasteiger partial charge on any atom is -0.368 e. The molecule has 8 nitrogen and oxygen atoms in total. The molecule has 0 unspecified atom stereocenters. The van der Waals surface area contributed by atoms with Gasteiger partial charge in [-0.05, 0) is 25.3 Å². The van der Waals surface area contributed by atoms with Gasteiger partial charge < -0.3 is 15.5 Å². The summed E-state index contributed by atoms with van der Waals surface area (Å²) in [7, 11) is 0. The van der Waals surface area contributed by atoms with Crippen LogP contribution < -0.4 is 10.6 Å². The Kier molecular flexibility index (Phi) is 3.79. The number of carbonyl (C=O) groups is 1. The van der Waals surface area contributed by atoms with Gasteiger partial charge in [-0.1, -0.05) is 0 Å². The highest BCUT2D eigenvalue weighted by molar-refractivity contribution is 5.81. The fourth-order valence-electron chi connectivity index (χ4n) is 3.08. The fourth-order valence-corrected chi connectivity index (χ4v) is 3.08. The summed E-state index contributed by atoms with van der Waals surface area (Å²) in [5.74, 6) is 2.26. The summed E-state index contributed by atoms with van der Waals surface area (Å²) in [5, 5.41) is 4.19. The van der Waals surface area contributed by atoms with Crippen LogP contribution in [0.2, 0.25) is 0 Å². The van der Waals surface area contributed by atoms with E-state index in [1.807, 2.05) is 23.2 Å². The van der Waals surface area contributed by atoms with Crippen molar-refractivity contribution in [3.63, 3.8) is 0 Å². The van der Waals surface area contributed by atoms with E-state index in [9.17, 15) is 4.79 Å². The van der Waals surface area contributed by atoms with Crippen LogP contribution in [0.1, 0.15) is 19.3 Å². The van der Waals surface area contributed by atoms with Crippen LogP contribution in [0.5, 0.6) is 0 Å². The molecule has 0 bridgehead atoms. The van der Waals surface area contributed by atoms with Gasteiger partial charge in [-0.2, -0.15) is 15.1 Å². The molecule has 2 N–H and O–H groups in total. The largest absolute Gasteiger partial charge is 0.368 e. The third kappa shape index (κ3) is 3.04. The van der Waals surface area contributed by atoms with Crippen LogP contribution in [0.3, 0.4) is 0 Å². The van der Waals surface area contributed by atoms with Crippen LogP contribution in [0.25, 0.3) is 5.82 Å². The second kappa shape index (κ2) is 6.10. The van der Waals surface area contributed by atoms with Crippen LogP contribution >= 0.6 is 0 Å². The molecule has 2 fully saturated rings. The van der Waals surface area contributed by atoms with Crippen molar-refractivity contribution in [2.24, 2.45) is 5.92 Å². The lowest BCUT2D eigenvalue weighted by atomic mass is 10.3. The first-order valence-corrected chi connectivity index (χ1v) is 8.39. The molecule has 1 saturated heterocycles. The van der Waals surface area contributed by atoms with E-state index in [0.29, 0.717) is 11.7 Å². The second-order valence-electron chi connectivity index (χ2n) is 6.33. The van der Waals surface area contributed by atoms with Crippen LogP contribution in [0.15, 0.2) is 24.5 Å². The Morgan fingerprint density at radius 2 is 1.96 bits per heavy atom. The van der Waals surface area contributed by atoms with E-state index in [2.05, 4.69) is 20.0 Å². The first-order valence-electron chi connectivity index (χ1n) is 8.39. The average molecular weight is 327 g/mol. The van der Waals surface area contributed by atoms with Gasteiger partial charge in [-0.3, -0.25) is 4.79 Å². The number of rotatable bonds is 3. The van der Waals surface area contributed by atoms with E-state index >= 15 is 0 Å². The molecule has 126 valence electrons. The number of nitrogens with two attached hydrogens (primary N) is 1. The number of anilines is 2. The lowest BCUT2D eigenvalue weighted by Crippen LogP contribution is -2.36. The molecule has 0 spiro atoms. The molecule has 1 aliphatic carbocycles. The van der Waals surface area contributed by atoms with E-state index < -0.39 is 0 Å². The minimum absolute atomic E-state index is 0.230. The topological polar surface area (TPSA) is 93.2 Å². The zero-order valence-electron chi connectivity index (χ0n) is 13.5. The second-order valence-corrected chi connectivity index (χ2v) is 6.33. The van der Waals surface area contributed by atoms with Crippen LogP contribution in [0.4, 0.5) is 11.8 Å². The maximum absolute atomic E-state index is 12.3. The third-order valence-electron chi connectivity index (χ3n) is 4.51.